The monoisotopic (exact) mass is 469 g/mol. The molecule has 7 heteroatoms. The lowest BCUT2D eigenvalue weighted by Gasteiger charge is -2.45. The van der Waals surface area contributed by atoms with Gasteiger partial charge in [0.1, 0.15) is 0 Å². The van der Waals surface area contributed by atoms with Crippen LogP contribution in [-0.2, 0) is 11.2 Å². The van der Waals surface area contributed by atoms with Crippen molar-refractivity contribution in [3.8, 4) is 0 Å². The molecular formula is C25H25Cl2N3O2. The van der Waals surface area contributed by atoms with Crippen LogP contribution in [0.25, 0.3) is 0 Å². The number of aromatic nitrogens is 2. The molecule has 0 spiro atoms. The number of halogens is 2. The number of amides is 1. The zero-order valence-electron chi connectivity index (χ0n) is 17.9. The van der Waals surface area contributed by atoms with Crippen LogP contribution in [0.1, 0.15) is 54.1 Å². The summed E-state index contributed by atoms with van der Waals surface area (Å²) in [7, 11) is 0. The molecule has 1 saturated carbocycles. The third kappa shape index (κ3) is 4.55. The van der Waals surface area contributed by atoms with Crippen LogP contribution in [0.15, 0.2) is 52.9 Å². The van der Waals surface area contributed by atoms with Crippen LogP contribution in [-0.4, -0.2) is 27.5 Å². The van der Waals surface area contributed by atoms with Gasteiger partial charge in [-0.15, -0.1) is 10.2 Å². The molecule has 2 heterocycles. The van der Waals surface area contributed by atoms with E-state index in [9.17, 15) is 4.79 Å². The molecule has 5 nitrogen and oxygen atoms in total. The van der Waals surface area contributed by atoms with E-state index < -0.39 is 0 Å². The molecule has 1 saturated heterocycles. The summed E-state index contributed by atoms with van der Waals surface area (Å²) in [6.45, 7) is 2.53. The van der Waals surface area contributed by atoms with Crippen molar-refractivity contribution in [2.45, 2.75) is 44.6 Å². The molecule has 1 aliphatic carbocycles. The fraction of sp³-hybridized carbons (Fsp3) is 0.400. The highest BCUT2D eigenvalue weighted by molar-refractivity contribution is 6.30. The normalized spacial score (nSPS) is 23.5. The quantitative estimate of drug-likeness (QED) is 0.443. The summed E-state index contributed by atoms with van der Waals surface area (Å²) in [5.41, 5.74) is 2.23. The number of carbonyl (C=O) groups excluding carboxylic acids is 1. The Bertz CT molecular complexity index is 1110. The lowest BCUT2D eigenvalue weighted by Crippen LogP contribution is -2.48. The molecule has 1 aromatic heterocycles. The van der Waals surface area contributed by atoms with E-state index in [1.807, 2.05) is 42.5 Å². The van der Waals surface area contributed by atoms with E-state index in [0.717, 1.165) is 17.7 Å². The standard InChI is InChI=1S/C25H25Cl2N3O2/c1-15-28-29-23(32-15)13-19-12-22(18-3-2-4-21(27)11-18)24(17-7-9-20(26)10-8-17)30(25(19)31)14-16-5-6-16/h2-4,7-11,16,19,22,24H,5-6,12-14H2,1H3/t19-,22-,24-/m1/s1. The Morgan fingerprint density at radius 3 is 2.47 bits per heavy atom. The molecule has 0 unspecified atom stereocenters. The van der Waals surface area contributed by atoms with Crippen molar-refractivity contribution in [3.63, 3.8) is 0 Å². The summed E-state index contributed by atoms with van der Waals surface area (Å²) in [5.74, 6) is 1.64. The molecule has 3 aromatic rings. The van der Waals surface area contributed by atoms with E-state index in [2.05, 4.69) is 21.2 Å². The van der Waals surface area contributed by atoms with Gasteiger partial charge in [-0.25, -0.2) is 0 Å². The van der Waals surface area contributed by atoms with Crippen LogP contribution in [0.5, 0.6) is 0 Å². The van der Waals surface area contributed by atoms with E-state index in [1.54, 1.807) is 6.92 Å². The highest BCUT2D eigenvalue weighted by Crippen LogP contribution is 2.47. The van der Waals surface area contributed by atoms with Crippen molar-refractivity contribution >= 4 is 29.1 Å². The first-order chi connectivity index (χ1) is 15.5. The maximum absolute atomic E-state index is 13.8. The predicted octanol–water partition coefficient (Wildman–Crippen LogP) is 6.01. The largest absolute Gasteiger partial charge is 0.426 e. The van der Waals surface area contributed by atoms with Gasteiger partial charge < -0.3 is 9.32 Å². The minimum atomic E-state index is -0.221. The summed E-state index contributed by atoms with van der Waals surface area (Å²) >= 11 is 12.6. The number of piperidine rings is 1. The van der Waals surface area contributed by atoms with Gasteiger partial charge in [0.25, 0.3) is 0 Å². The number of aryl methyl sites for hydroxylation is 1. The van der Waals surface area contributed by atoms with Gasteiger partial charge in [0, 0.05) is 41.8 Å². The van der Waals surface area contributed by atoms with E-state index in [1.165, 1.54) is 12.8 Å². The summed E-state index contributed by atoms with van der Waals surface area (Å²) in [4.78, 5) is 15.9. The third-order valence-corrected chi connectivity index (χ3v) is 7.00. The Kier molecular flexibility index (Phi) is 5.95. The van der Waals surface area contributed by atoms with Gasteiger partial charge in [-0.2, -0.15) is 0 Å². The second-order valence-electron chi connectivity index (χ2n) is 8.94. The predicted molar refractivity (Wildman–Crippen MR) is 124 cm³/mol. The fourth-order valence-corrected chi connectivity index (χ4v) is 5.16. The van der Waals surface area contributed by atoms with Crippen LogP contribution in [0.2, 0.25) is 10.0 Å². The number of rotatable bonds is 6. The van der Waals surface area contributed by atoms with Crippen molar-refractivity contribution in [1.29, 1.82) is 0 Å². The van der Waals surface area contributed by atoms with Gasteiger partial charge in [0.2, 0.25) is 17.7 Å². The molecule has 0 radical (unpaired) electrons. The van der Waals surface area contributed by atoms with E-state index in [4.69, 9.17) is 27.6 Å². The molecule has 0 N–H and O–H groups in total. The maximum Gasteiger partial charge on any atom is 0.226 e. The zero-order chi connectivity index (χ0) is 22.2. The Morgan fingerprint density at radius 1 is 1.03 bits per heavy atom. The Balaban J connectivity index is 1.56. The van der Waals surface area contributed by atoms with Crippen molar-refractivity contribution in [2.24, 2.45) is 11.8 Å². The SMILES string of the molecule is Cc1nnc(C[C@H]2C[C@H](c3cccc(Cl)c3)[C@@H](c3ccc(Cl)cc3)N(CC3CC3)C2=O)o1. The molecule has 1 amide bonds. The number of benzene rings is 2. The van der Waals surface area contributed by atoms with E-state index >= 15 is 0 Å². The zero-order valence-corrected chi connectivity index (χ0v) is 19.4. The number of likely N-dealkylation sites (tertiary alicyclic amines) is 1. The van der Waals surface area contributed by atoms with Crippen LogP contribution < -0.4 is 0 Å². The Labute approximate surface area is 197 Å². The van der Waals surface area contributed by atoms with Crippen molar-refractivity contribution in [3.05, 3.63) is 81.5 Å². The van der Waals surface area contributed by atoms with Crippen LogP contribution >= 0.6 is 23.2 Å². The average Bonchev–Trinajstić information content (AvgIpc) is 3.50. The highest BCUT2D eigenvalue weighted by atomic mass is 35.5. The summed E-state index contributed by atoms with van der Waals surface area (Å²) in [5, 5.41) is 9.48. The first-order valence-corrected chi connectivity index (χ1v) is 11.8. The number of carbonyl (C=O) groups is 1. The second kappa shape index (κ2) is 8.87. The topological polar surface area (TPSA) is 59.2 Å². The van der Waals surface area contributed by atoms with Crippen molar-refractivity contribution < 1.29 is 9.21 Å². The molecule has 2 aromatic carbocycles. The minimum Gasteiger partial charge on any atom is -0.426 e. The molecule has 2 aliphatic rings. The maximum atomic E-state index is 13.8. The highest BCUT2D eigenvalue weighted by Gasteiger charge is 2.45. The first kappa shape index (κ1) is 21.5. The van der Waals surface area contributed by atoms with Gasteiger partial charge in [-0.1, -0.05) is 47.5 Å². The van der Waals surface area contributed by atoms with Crippen LogP contribution in [0.4, 0.5) is 0 Å². The third-order valence-electron chi connectivity index (χ3n) is 6.52. The van der Waals surface area contributed by atoms with Gasteiger partial charge in [0.05, 0.1) is 6.04 Å². The molecule has 5 rings (SSSR count). The van der Waals surface area contributed by atoms with Crippen LogP contribution in [0.3, 0.4) is 0 Å². The van der Waals surface area contributed by atoms with Crippen molar-refractivity contribution in [1.82, 2.24) is 15.1 Å². The van der Waals surface area contributed by atoms with Gasteiger partial charge in [-0.05, 0) is 60.6 Å². The smallest absolute Gasteiger partial charge is 0.226 e. The Morgan fingerprint density at radius 2 is 1.81 bits per heavy atom. The van der Waals surface area contributed by atoms with E-state index in [0.29, 0.717) is 40.6 Å². The Hall–Kier alpha value is -2.37. The summed E-state index contributed by atoms with van der Waals surface area (Å²) in [6, 6.07) is 15.8. The minimum absolute atomic E-state index is 0.0699. The number of hydrogen-bond donors (Lipinski definition) is 0. The van der Waals surface area contributed by atoms with Gasteiger partial charge >= 0.3 is 0 Å². The molecular weight excluding hydrogens is 445 g/mol. The number of hydrogen-bond acceptors (Lipinski definition) is 4. The van der Waals surface area contributed by atoms with E-state index in [-0.39, 0.29) is 23.8 Å². The summed E-state index contributed by atoms with van der Waals surface area (Å²) < 4.78 is 5.62. The molecule has 166 valence electrons. The number of nitrogens with zero attached hydrogens (tertiary/aromatic N) is 3. The average molecular weight is 470 g/mol. The lowest BCUT2D eigenvalue weighted by molar-refractivity contribution is -0.143. The van der Waals surface area contributed by atoms with Crippen molar-refractivity contribution in [2.75, 3.05) is 6.54 Å². The van der Waals surface area contributed by atoms with Gasteiger partial charge in [0.15, 0.2) is 0 Å². The molecule has 2 fully saturated rings. The molecule has 1 aliphatic heterocycles. The van der Waals surface area contributed by atoms with Gasteiger partial charge in [-0.3, -0.25) is 4.79 Å². The molecule has 32 heavy (non-hydrogen) atoms. The molecule has 3 atom stereocenters. The summed E-state index contributed by atoms with van der Waals surface area (Å²) in [6.07, 6.45) is 3.49. The van der Waals surface area contributed by atoms with Crippen LogP contribution in [0, 0.1) is 18.8 Å². The fourth-order valence-electron chi connectivity index (χ4n) is 4.84. The second-order valence-corrected chi connectivity index (χ2v) is 9.82. The molecule has 0 bridgehead atoms. The lowest BCUT2D eigenvalue weighted by atomic mass is 9.75. The first-order valence-electron chi connectivity index (χ1n) is 11.1.